The molecule has 1 aromatic heterocycles. The van der Waals surface area contributed by atoms with E-state index in [4.69, 9.17) is 5.73 Å². The monoisotopic (exact) mass is 285 g/mol. The van der Waals surface area contributed by atoms with Gasteiger partial charge in [0.15, 0.2) is 5.82 Å². The highest BCUT2D eigenvalue weighted by Crippen LogP contribution is 2.29. The molecule has 21 heavy (non-hydrogen) atoms. The van der Waals surface area contributed by atoms with Crippen molar-refractivity contribution in [1.82, 2.24) is 9.78 Å². The summed E-state index contributed by atoms with van der Waals surface area (Å²) in [6.45, 7) is 1.74. The molecule has 1 aliphatic heterocycles. The van der Waals surface area contributed by atoms with Crippen LogP contribution in [-0.2, 0) is 0 Å². The molecule has 2 aromatic rings. The number of nitrogen functional groups attached to an aromatic ring is 1. The van der Waals surface area contributed by atoms with Crippen LogP contribution in [0.25, 0.3) is 5.69 Å². The Morgan fingerprint density at radius 2 is 2.00 bits per heavy atom. The van der Waals surface area contributed by atoms with Crippen molar-refractivity contribution < 1.29 is 4.39 Å². The van der Waals surface area contributed by atoms with Gasteiger partial charge in [0, 0.05) is 13.1 Å². The van der Waals surface area contributed by atoms with Gasteiger partial charge < -0.3 is 10.6 Å². The van der Waals surface area contributed by atoms with Crippen molar-refractivity contribution in [2.75, 3.05) is 23.7 Å². The SMILES string of the molecule is N#Cc1c(N2CCCCC2)nn(-c2cccc(F)c2)c1N. The molecule has 2 heterocycles. The number of nitriles is 1. The van der Waals surface area contributed by atoms with Crippen LogP contribution in [0.15, 0.2) is 24.3 Å². The molecule has 1 aliphatic rings. The predicted molar refractivity (Wildman–Crippen MR) is 78.7 cm³/mol. The normalized spacial score (nSPS) is 15.0. The minimum absolute atomic E-state index is 0.253. The van der Waals surface area contributed by atoms with Crippen LogP contribution in [0, 0.1) is 17.1 Å². The zero-order chi connectivity index (χ0) is 14.8. The van der Waals surface area contributed by atoms with Gasteiger partial charge in [0.1, 0.15) is 23.3 Å². The van der Waals surface area contributed by atoms with E-state index in [0.717, 1.165) is 25.9 Å². The molecule has 6 heteroatoms. The minimum Gasteiger partial charge on any atom is -0.382 e. The third-order valence-electron chi connectivity index (χ3n) is 3.72. The summed E-state index contributed by atoms with van der Waals surface area (Å²) >= 11 is 0. The quantitative estimate of drug-likeness (QED) is 0.920. The number of benzene rings is 1. The van der Waals surface area contributed by atoms with Crippen LogP contribution in [-0.4, -0.2) is 22.9 Å². The number of hydrogen-bond donors (Lipinski definition) is 1. The molecule has 0 bridgehead atoms. The Hall–Kier alpha value is -2.55. The molecule has 3 rings (SSSR count). The van der Waals surface area contributed by atoms with Crippen LogP contribution in [0.4, 0.5) is 16.0 Å². The maximum Gasteiger partial charge on any atom is 0.171 e. The molecule has 0 spiro atoms. The first-order valence-electron chi connectivity index (χ1n) is 7.00. The van der Waals surface area contributed by atoms with E-state index in [1.54, 1.807) is 12.1 Å². The molecule has 0 atom stereocenters. The molecule has 0 saturated carbocycles. The standard InChI is InChI=1S/C15H16FN5/c16-11-5-4-6-12(9-11)21-14(18)13(10-17)15(19-21)20-7-2-1-3-8-20/h4-6,9H,1-3,7-8,18H2. The summed E-state index contributed by atoms with van der Waals surface area (Å²) in [5, 5.41) is 13.8. The van der Waals surface area contributed by atoms with Gasteiger partial charge in [-0.25, -0.2) is 9.07 Å². The summed E-state index contributed by atoms with van der Waals surface area (Å²) in [5.41, 5.74) is 6.92. The smallest absolute Gasteiger partial charge is 0.171 e. The Morgan fingerprint density at radius 1 is 1.24 bits per heavy atom. The molecule has 1 aromatic carbocycles. The minimum atomic E-state index is -0.361. The fraction of sp³-hybridized carbons (Fsp3) is 0.333. The number of rotatable bonds is 2. The van der Waals surface area contributed by atoms with Gasteiger partial charge >= 0.3 is 0 Å². The Balaban J connectivity index is 2.07. The summed E-state index contributed by atoms with van der Waals surface area (Å²) < 4.78 is 14.8. The van der Waals surface area contributed by atoms with Gasteiger partial charge in [-0.3, -0.25) is 0 Å². The Bertz CT molecular complexity index is 695. The molecule has 1 saturated heterocycles. The molecule has 0 amide bonds. The highest BCUT2D eigenvalue weighted by molar-refractivity contribution is 5.67. The molecule has 1 fully saturated rings. The highest BCUT2D eigenvalue weighted by Gasteiger charge is 2.22. The van der Waals surface area contributed by atoms with Gasteiger partial charge in [0.05, 0.1) is 5.69 Å². The number of hydrogen-bond acceptors (Lipinski definition) is 4. The highest BCUT2D eigenvalue weighted by atomic mass is 19.1. The van der Waals surface area contributed by atoms with E-state index in [-0.39, 0.29) is 11.6 Å². The zero-order valence-electron chi connectivity index (χ0n) is 11.6. The molecular weight excluding hydrogens is 269 g/mol. The maximum atomic E-state index is 13.4. The molecule has 0 unspecified atom stereocenters. The van der Waals surface area contributed by atoms with Crippen LogP contribution in [0.1, 0.15) is 24.8 Å². The van der Waals surface area contributed by atoms with Gasteiger partial charge in [-0.2, -0.15) is 5.26 Å². The second-order valence-corrected chi connectivity index (χ2v) is 5.14. The van der Waals surface area contributed by atoms with Crippen molar-refractivity contribution in [3.05, 3.63) is 35.6 Å². The van der Waals surface area contributed by atoms with Gasteiger partial charge in [-0.05, 0) is 37.5 Å². The van der Waals surface area contributed by atoms with Crippen molar-refractivity contribution in [2.24, 2.45) is 0 Å². The number of nitrogens with zero attached hydrogens (tertiary/aromatic N) is 4. The van der Waals surface area contributed by atoms with Gasteiger partial charge in [0.25, 0.3) is 0 Å². The Morgan fingerprint density at radius 3 is 2.67 bits per heavy atom. The van der Waals surface area contributed by atoms with E-state index in [1.165, 1.54) is 23.2 Å². The molecule has 5 nitrogen and oxygen atoms in total. The summed E-state index contributed by atoms with van der Waals surface area (Å²) in [5.74, 6) is 0.489. The lowest BCUT2D eigenvalue weighted by Crippen LogP contribution is -2.30. The second-order valence-electron chi connectivity index (χ2n) is 5.14. The summed E-state index contributed by atoms with van der Waals surface area (Å²) in [6, 6.07) is 8.15. The lowest BCUT2D eigenvalue weighted by atomic mass is 10.1. The van der Waals surface area contributed by atoms with Crippen LogP contribution < -0.4 is 10.6 Å². The van der Waals surface area contributed by atoms with Gasteiger partial charge in [0.2, 0.25) is 0 Å². The number of nitrogens with two attached hydrogens (primary N) is 1. The predicted octanol–water partition coefficient (Wildman–Crippen LogP) is 2.46. The Labute approximate surface area is 122 Å². The van der Waals surface area contributed by atoms with Gasteiger partial charge in [-0.1, -0.05) is 6.07 Å². The number of aromatic nitrogens is 2. The van der Waals surface area contributed by atoms with E-state index < -0.39 is 0 Å². The fourth-order valence-corrected chi connectivity index (χ4v) is 2.66. The van der Waals surface area contributed by atoms with E-state index in [2.05, 4.69) is 16.1 Å². The van der Waals surface area contributed by atoms with Crippen molar-refractivity contribution in [3.8, 4) is 11.8 Å². The fourth-order valence-electron chi connectivity index (χ4n) is 2.66. The van der Waals surface area contributed by atoms with Crippen LogP contribution in [0.2, 0.25) is 0 Å². The Kier molecular flexibility index (Phi) is 3.48. The van der Waals surface area contributed by atoms with Crippen LogP contribution in [0.5, 0.6) is 0 Å². The van der Waals surface area contributed by atoms with Crippen molar-refractivity contribution >= 4 is 11.6 Å². The average molecular weight is 285 g/mol. The number of piperidine rings is 1. The summed E-state index contributed by atoms with van der Waals surface area (Å²) in [7, 11) is 0. The first kappa shape index (κ1) is 13.4. The van der Waals surface area contributed by atoms with E-state index in [1.807, 2.05) is 0 Å². The van der Waals surface area contributed by atoms with E-state index in [9.17, 15) is 9.65 Å². The second kappa shape index (κ2) is 5.44. The molecule has 2 N–H and O–H groups in total. The average Bonchev–Trinajstić information content (AvgIpc) is 2.85. The number of halogens is 1. The largest absolute Gasteiger partial charge is 0.382 e. The van der Waals surface area contributed by atoms with Gasteiger partial charge in [-0.15, -0.1) is 5.10 Å². The summed E-state index contributed by atoms with van der Waals surface area (Å²) in [6.07, 6.45) is 3.35. The van der Waals surface area contributed by atoms with E-state index >= 15 is 0 Å². The molecule has 0 radical (unpaired) electrons. The van der Waals surface area contributed by atoms with Crippen LogP contribution in [0.3, 0.4) is 0 Å². The van der Waals surface area contributed by atoms with Crippen LogP contribution >= 0.6 is 0 Å². The van der Waals surface area contributed by atoms with Crippen molar-refractivity contribution in [3.63, 3.8) is 0 Å². The first-order valence-corrected chi connectivity index (χ1v) is 7.00. The molecular formula is C15H16FN5. The summed E-state index contributed by atoms with van der Waals surface area (Å²) in [4.78, 5) is 2.08. The van der Waals surface area contributed by atoms with Crippen molar-refractivity contribution in [1.29, 1.82) is 5.26 Å². The zero-order valence-corrected chi connectivity index (χ0v) is 11.6. The van der Waals surface area contributed by atoms with E-state index in [0.29, 0.717) is 17.1 Å². The third kappa shape index (κ3) is 2.42. The molecule has 108 valence electrons. The lowest BCUT2D eigenvalue weighted by molar-refractivity contribution is 0.571. The van der Waals surface area contributed by atoms with Crippen molar-refractivity contribution in [2.45, 2.75) is 19.3 Å². The third-order valence-corrected chi connectivity index (χ3v) is 3.72. The maximum absolute atomic E-state index is 13.4. The number of anilines is 2. The lowest BCUT2D eigenvalue weighted by Gasteiger charge is -2.26. The first-order chi connectivity index (χ1) is 10.2. The topological polar surface area (TPSA) is 70.9 Å². The molecule has 0 aliphatic carbocycles.